The Morgan fingerprint density at radius 3 is 2.65 bits per heavy atom. The molecule has 1 rings (SSSR count). The van der Waals surface area contributed by atoms with E-state index in [1.54, 1.807) is 12.1 Å². The number of aliphatic imine (C=N–C) groups is 1. The summed E-state index contributed by atoms with van der Waals surface area (Å²) < 4.78 is 5.32. The second kappa shape index (κ2) is 12.2. The van der Waals surface area contributed by atoms with Gasteiger partial charge in [0.15, 0.2) is 11.7 Å². The van der Waals surface area contributed by atoms with Gasteiger partial charge in [0.1, 0.15) is 12.3 Å². The van der Waals surface area contributed by atoms with E-state index in [4.69, 9.17) is 10.2 Å². The van der Waals surface area contributed by atoms with Crippen LogP contribution in [-0.4, -0.2) is 24.5 Å². The van der Waals surface area contributed by atoms with E-state index in [0.29, 0.717) is 18.3 Å². The number of halogens is 1. The molecule has 7 heteroatoms. The quantitative estimate of drug-likeness (QED) is 0.240. The molecule has 1 unspecified atom stereocenters. The van der Waals surface area contributed by atoms with Crippen LogP contribution in [0.2, 0.25) is 0 Å². The largest absolute Gasteiger partial charge is 0.454 e. The summed E-state index contributed by atoms with van der Waals surface area (Å²) >= 11 is 0. The zero-order valence-corrected chi connectivity index (χ0v) is 16.6. The molecule has 1 heterocycles. The van der Waals surface area contributed by atoms with Crippen LogP contribution in [0.5, 0.6) is 0 Å². The summed E-state index contributed by atoms with van der Waals surface area (Å²) in [7, 11) is 0. The van der Waals surface area contributed by atoms with E-state index < -0.39 is 5.91 Å². The smallest absolute Gasteiger partial charge is 0.284 e. The Bertz CT molecular complexity index is 488. The molecule has 1 aromatic heterocycles. The summed E-state index contributed by atoms with van der Waals surface area (Å²) in [5, 5.41) is 6.59. The summed E-state index contributed by atoms with van der Waals surface area (Å²) in [5.74, 6) is 0.967. The van der Waals surface area contributed by atoms with Crippen molar-refractivity contribution in [1.29, 1.82) is 0 Å². The maximum Gasteiger partial charge on any atom is 0.284 e. The zero-order chi connectivity index (χ0) is 16.4. The van der Waals surface area contributed by atoms with Crippen molar-refractivity contribution < 1.29 is 9.21 Å². The minimum Gasteiger partial charge on any atom is -0.454 e. The van der Waals surface area contributed by atoms with Crippen LogP contribution in [0.25, 0.3) is 0 Å². The number of unbranched alkanes of at least 4 members (excludes halogenated alkanes) is 2. The Kier molecular flexibility index (Phi) is 11.5. The molecule has 0 aliphatic rings. The fourth-order valence-corrected chi connectivity index (χ4v) is 2.08. The van der Waals surface area contributed by atoms with Crippen molar-refractivity contribution in [3.8, 4) is 0 Å². The number of hydrogen-bond donors (Lipinski definition) is 3. The second-order valence-corrected chi connectivity index (χ2v) is 5.37. The van der Waals surface area contributed by atoms with Crippen LogP contribution >= 0.6 is 24.0 Å². The molecule has 0 radical (unpaired) electrons. The second-order valence-electron chi connectivity index (χ2n) is 5.37. The molecule has 0 aliphatic heterocycles. The number of guanidine groups is 1. The molecule has 6 nitrogen and oxygen atoms in total. The third kappa shape index (κ3) is 8.83. The van der Waals surface area contributed by atoms with E-state index >= 15 is 0 Å². The lowest BCUT2D eigenvalue weighted by atomic mass is 10.1. The highest BCUT2D eigenvalue weighted by atomic mass is 127. The number of nitrogens with two attached hydrogens (primary N) is 1. The highest BCUT2D eigenvalue weighted by Gasteiger charge is 2.08. The number of hydrogen-bond acceptors (Lipinski definition) is 3. The molecular formula is C16H29IN4O2. The number of amides is 1. The normalized spacial score (nSPS) is 12.4. The lowest BCUT2D eigenvalue weighted by Gasteiger charge is -2.17. The third-order valence-electron chi connectivity index (χ3n) is 3.27. The van der Waals surface area contributed by atoms with Gasteiger partial charge < -0.3 is 20.8 Å². The Balaban J connectivity index is 0.00000484. The maximum atomic E-state index is 11.0. The molecule has 0 saturated heterocycles. The number of carbonyl (C=O) groups is 1. The Hall–Kier alpha value is -1.25. The molecule has 0 aromatic carbocycles. The van der Waals surface area contributed by atoms with Crippen molar-refractivity contribution in [2.75, 3.05) is 6.54 Å². The predicted molar refractivity (Wildman–Crippen MR) is 104 cm³/mol. The van der Waals surface area contributed by atoms with Gasteiger partial charge >= 0.3 is 0 Å². The highest BCUT2D eigenvalue weighted by Crippen LogP contribution is 2.08. The van der Waals surface area contributed by atoms with E-state index in [1.165, 1.54) is 19.3 Å². The summed E-state index contributed by atoms with van der Waals surface area (Å²) in [4.78, 5) is 15.5. The molecule has 132 valence electrons. The highest BCUT2D eigenvalue weighted by molar-refractivity contribution is 14.0. The minimum atomic E-state index is -0.565. The molecule has 23 heavy (non-hydrogen) atoms. The van der Waals surface area contributed by atoms with E-state index in [1.807, 2.05) is 6.92 Å². The van der Waals surface area contributed by atoms with E-state index in [-0.39, 0.29) is 29.7 Å². The minimum absolute atomic E-state index is 0. The van der Waals surface area contributed by atoms with Gasteiger partial charge in [-0.25, -0.2) is 4.99 Å². The van der Waals surface area contributed by atoms with Gasteiger partial charge in [-0.2, -0.15) is 0 Å². The summed E-state index contributed by atoms with van der Waals surface area (Å²) in [6, 6.07) is 3.65. The molecule has 0 fully saturated rings. The van der Waals surface area contributed by atoms with E-state index in [2.05, 4.69) is 29.5 Å². The van der Waals surface area contributed by atoms with Crippen LogP contribution in [0.4, 0.5) is 0 Å². The maximum absolute atomic E-state index is 11.0. The van der Waals surface area contributed by atoms with Gasteiger partial charge in [-0.3, -0.25) is 4.79 Å². The monoisotopic (exact) mass is 436 g/mol. The van der Waals surface area contributed by atoms with E-state index in [0.717, 1.165) is 18.9 Å². The Morgan fingerprint density at radius 1 is 1.35 bits per heavy atom. The summed E-state index contributed by atoms with van der Waals surface area (Å²) in [6.45, 7) is 7.54. The van der Waals surface area contributed by atoms with Gasteiger partial charge in [-0.05, 0) is 32.4 Å². The number of nitrogens with one attached hydrogen (secondary N) is 2. The van der Waals surface area contributed by atoms with Crippen LogP contribution in [0.15, 0.2) is 21.5 Å². The van der Waals surface area contributed by atoms with Gasteiger partial charge in [0, 0.05) is 12.6 Å². The SMILES string of the molecule is CCCCCC(C)NC(=NCc1ccc(C(N)=O)o1)NCC.I. The predicted octanol–water partition coefficient (Wildman–Crippen LogP) is 3.02. The topological polar surface area (TPSA) is 92.6 Å². The van der Waals surface area contributed by atoms with Crippen molar-refractivity contribution >= 4 is 35.8 Å². The number of primary amides is 1. The van der Waals surface area contributed by atoms with Gasteiger partial charge in [-0.1, -0.05) is 26.2 Å². The van der Waals surface area contributed by atoms with Crippen molar-refractivity contribution in [1.82, 2.24) is 10.6 Å². The van der Waals surface area contributed by atoms with Crippen molar-refractivity contribution in [3.05, 3.63) is 23.7 Å². The van der Waals surface area contributed by atoms with E-state index in [9.17, 15) is 4.79 Å². The number of furan rings is 1. The van der Waals surface area contributed by atoms with Crippen LogP contribution < -0.4 is 16.4 Å². The van der Waals surface area contributed by atoms with Crippen molar-refractivity contribution in [3.63, 3.8) is 0 Å². The molecule has 0 saturated carbocycles. The summed E-state index contributed by atoms with van der Waals surface area (Å²) in [6.07, 6.45) is 4.80. The van der Waals surface area contributed by atoms with Crippen LogP contribution in [0, 0.1) is 0 Å². The first-order chi connectivity index (χ1) is 10.6. The third-order valence-corrected chi connectivity index (χ3v) is 3.27. The lowest BCUT2D eigenvalue weighted by Crippen LogP contribution is -2.42. The van der Waals surface area contributed by atoms with Gasteiger partial charge in [-0.15, -0.1) is 24.0 Å². The zero-order valence-electron chi connectivity index (χ0n) is 14.2. The van der Waals surface area contributed by atoms with Crippen LogP contribution in [0.1, 0.15) is 62.8 Å². The Morgan fingerprint density at radius 2 is 2.09 bits per heavy atom. The standard InChI is InChI=1S/C16H28N4O2.HI/c1-4-6-7-8-12(3)20-16(18-5-2)19-11-13-9-10-14(22-13)15(17)21;/h9-10,12H,4-8,11H2,1-3H3,(H2,17,21)(H2,18,19,20);1H. The molecule has 1 aromatic rings. The number of nitrogens with zero attached hydrogens (tertiary/aromatic N) is 1. The molecule has 0 bridgehead atoms. The fraction of sp³-hybridized carbons (Fsp3) is 0.625. The van der Waals surface area contributed by atoms with Crippen LogP contribution in [0.3, 0.4) is 0 Å². The molecule has 4 N–H and O–H groups in total. The first kappa shape index (κ1) is 21.8. The average Bonchev–Trinajstić information content (AvgIpc) is 2.94. The van der Waals surface area contributed by atoms with Crippen molar-refractivity contribution in [2.45, 2.75) is 59.0 Å². The fourth-order valence-electron chi connectivity index (χ4n) is 2.08. The lowest BCUT2D eigenvalue weighted by molar-refractivity contribution is 0.0972. The van der Waals surface area contributed by atoms with Crippen molar-refractivity contribution in [2.24, 2.45) is 10.7 Å². The Labute approximate surface area is 155 Å². The first-order valence-electron chi connectivity index (χ1n) is 8.00. The van der Waals surface area contributed by atoms with Gasteiger partial charge in [0.05, 0.1) is 0 Å². The van der Waals surface area contributed by atoms with Gasteiger partial charge in [0.2, 0.25) is 0 Å². The molecule has 1 amide bonds. The average molecular weight is 436 g/mol. The molecule has 0 aliphatic carbocycles. The first-order valence-corrected chi connectivity index (χ1v) is 8.00. The van der Waals surface area contributed by atoms with Gasteiger partial charge in [0.25, 0.3) is 5.91 Å². The number of carbonyl (C=O) groups excluding carboxylic acids is 1. The molecule has 0 spiro atoms. The molecular weight excluding hydrogens is 407 g/mol. The number of rotatable bonds is 9. The molecule has 1 atom stereocenters. The summed E-state index contributed by atoms with van der Waals surface area (Å²) in [5.41, 5.74) is 5.16. The van der Waals surface area contributed by atoms with Crippen LogP contribution in [-0.2, 0) is 6.54 Å².